The molecule has 0 saturated carbocycles. The lowest BCUT2D eigenvalue weighted by Gasteiger charge is -2.28. The van der Waals surface area contributed by atoms with Crippen molar-refractivity contribution in [2.75, 3.05) is 10.6 Å². The summed E-state index contributed by atoms with van der Waals surface area (Å²) in [6.07, 6.45) is 0.989. The van der Waals surface area contributed by atoms with Gasteiger partial charge in [0.25, 0.3) is 0 Å². The second-order valence-corrected chi connectivity index (χ2v) is 6.58. The van der Waals surface area contributed by atoms with Gasteiger partial charge in [0.15, 0.2) is 0 Å². The van der Waals surface area contributed by atoms with Gasteiger partial charge in [0.1, 0.15) is 0 Å². The highest BCUT2D eigenvalue weighted by atomic mass is 16.5. The minimum atomic E-state index is -0.0639. The van der Waals surface area contributed by atoms with Gasteiger partial charge >= 0.3 is 0 Å². The Bertz CT molecular complexity index is 572. The van der Waals surface area contributed by atoms with Crippen LogP contribution in [0.25, 0.3) is 0 Å². The van der Waals surface area contributed by atoms with Crippen molar-refractivity contribution < 1.29 is 9.53 Å². The van der Waals surface area contributed by atoms with Crippen LogP contribution < -0.4 is 10.6 Å². The lowest BCUT2D eigenvalue weighted by Crippen LogP contribution is -2.44. The number of ether oxygens (including phenoxy) is 1. The van der Waals surface area contributed by atoms with Crippen LogP contribution in [0.1, 0.15) is 33.3 Å². The highest BCUT2D eigenvalue weighted by Gasteiger charge is 2.45. The quantitative estimate of drug-likeness (QED) is 0.808. The summed E-state index contributed by atoms with van der Waals surface area (Å²) in [5, 5.41) is 0. The summed E-state index contributed by atoms with van der Waals surface area (Å²) in [7, 11) is 0. The largest absolute Gasteiger partial charge is 0.399 e. The maximum atomic E-state index is 13.1. The second kappa shape index (κ2) is 5.02. The number of fused-ring (bicyclic) bond motifs is 1. The zero-order valence-electron chi connectivity index (χ0n) is 13.2. The van der Waals surface area contributed by atoms with Gasteiger partial charge in [-0.2, -0.15) is 0 Å². The van der Waals surface area contributed by atoms with Crippen LogP contribution >= 0.6 is 0 Å². The highest BCUT2D eigenvalue weighted by molar-refractivity contribution is 5.98. The number of nitrogens with zero attached hydrogens (tertiary/aromatic N) is 1. The predicted molar refractivity (Wildman–Crippen MR) is 84.2 cm³/mol. The van der Waals surface area contributed by atoms with E-state index in [0.29, 0.717) is 0 Å². The average molecular weight is 288 g/mol. The Balaban J connectivity index is 1.92. The molecule has 4 heteroatoms. The Kier molecular flexibility index (Phi) is 3.44. The van der Waals surface area contributed by atoms with Gasteiger partial charge in [-0.1, -0.05) is 6.92 Å². The van der Waals surface area contributed by atoms with E-state index in [1.54, 1.807) is 0 Å². The number of hydrogen-bond donors (Lipinski definition) is 1. The molecule has 21 heavy (non-hydrogen) atoms. The van der Waals surface area contributed by atoms with E-state index in [2.05, 4.69) is 20.8 Å². The normalized spacial score (nSPS) is 35.0. The van der Waals surface area contributed by atoms with Gasteiger partial charge in [0.2, 0.25) is 5.91 Å². The molecule has 2 aliphatic rings. The third-order valence-electron chi connectivity index (χ3n) is 5.08. The molecule has 2 N–H and O–H groups in total. The molecule has 1 saturated heterocycles. The van der Waals surface area contributed by atoms with E-state index in [1.807, 2.05) is 30.0 Å². The van der Waals surface area contributed by atoms with Crippen molar-refractivity contribution in [3.8, 4) is 0 Å². The summed E-state index contributed by atoms with van der Waals surface area (Å²) in [5.41, 5.74) is 8.80. The SMILES string of the molecule is CC1OC(C)C(C(=O)N2c3ccc(N)cc3CC2C)C1C. The summed E-state index contributed by atoms with van der Waals surface area (Å²) >= 11 is 0. The minimum Gasteiger partial charge on any atom is -0.399 e. The molecule has 1 aromatic carbocycles. The predicted octanol–water partition coefficient (Wildman–Crippen LogP) is 2.61. The molecular weight excluding hydrogens is 264 g/mol. The van der Waals surface area contributed by atoms with Crippen molar-refractivity contribution in [2.45, 2.75) is 52.4 Å². The number of hydrogen-bond acceptors (Lipinski definition) is 3. The fraction of sp³-hybridized carbons (Fsp3) is 0.588. The van der Waals surface area contributed by atoms with Gasteiger partial charge in [-0.15, -0.1) is 0 Å². The molecule has 4 nitrogen and oxygen atoms in total. The van der Waals surface area contributed by atoms with E-state index in [0.717, 1.165) is 17.8 Å². The average Bonchev–Trinajstić information content (AvgIpc) is 2.85. The Labute approximate surface area is 126 Å². The number of nitrogens with two attached hydrogens (primary N) is 1. The highest BCUT2D eigenvalue weighted by Crippen LogP contribution is 2.39. The Morgan fingerprint density at radius 3 is 2.57 bits per heavy atom. The summed E-state index contributed by atoms with van der Waals surface area (Å²) < 4.78 is 5.84. The number of anilines is 2. The molecule has 1 fully saturated rings. The van der Waals surface area contributed by atoms with Gasteiger partial charge in [0.05, 0.1) is 18.1 Å². The van der Waals surface area contributed by atoms with E-state index in [-0.39, 0.29) is 36.0 Å². The molecule has 0 radical (unpaired) electrons. The molecule has 2 aliphatic heterocycles. The van der Waals surface area contributed by atoms with Gasteiger partial charge in [-0.3, -0.25) is 4.79 Å². The second-order valence-electron chi connectivity index (χ2n) is 6.58. The standard InChI is InChI=1S/C17H24N2O2/c1-9-7-13-8-14(18)5-6-15(13)19(9)17(20)16-10(2)11(3)21-12(16)4/h5-6,8-12,16H,7,18H2,1-4H3. The van der Waals surface area contributed by atoms with Crippen LogP contribution in [-0.4, -0.2) is 24.2 Å². The van der Waals surface area contributed by atoms with Crippen molar-refractivity contribution in [3.63, 3.8) is 0 Å². The lowest BCUT2D eigenvalue weighted by atomic mass is 9.88. The first-order valence-corrected chi connectivity index (χ1v) is 7.77. The van der Waals surface area contributed by atoms with Crippen LogP contribution in [0.3, 0.4) is 0 Å². The summed E-state index contributed by atoms with van der Waals surface area (Å²) in [4.78, 5) is 15.0. The number of rotatable bonds is 1. The van der Waals surface area contributed by atoms with E-state index in [9.17, 15) is 4.79 Å². The molecule has 5 unspecified atom stereocenters. The van der Waals surface area contributed by atoms with Crippen molar-refractivity contribution in [2.24, 2.45) is 11.8 Å². The van der Waals surface area contributed by atoms with Gasteiger partial charge in [0, 0.05) is 17.4 Å². The monoisotopic (exact) mass is 288 g/mol. The topological polar surface area (TPSA) is 55.6 Å². The van der Waals surface area contributed by atoms with Crippen molar-refractivity contribution in [3.05, 3.63) is 23.8 Å². The molecule has 0 spiro atoms. The number of carbonyl (C=O) groups excluding carboxylic acids is 1. The molecule has 3 rings (SSSR count). The summed E-state index contributed by atoms with van der Waals surface area (Å²) in [6.45, 7) is 8.27. The first-order valence-electron chi connectivity index (χ1n) is 7.77. The van der Waals surface area contributed by atoms with Gasteiger partial charge in [-0.25, -0.2) is 0 Å². The number of amides is 1. The maximum absolute atomic E-state index is 13.1. The Morgan fingerprint density at radius 2 is 1.95 bits per heavy atom. The van der Waals surface area contributed by atoms with E-state index in [1.165, 1.54) is 5.56 Å². The van der Waals surface area contributed by atoms with Crippen molar-refractivity contribution >= 4 is 17.3 Å². The van der Waals surface area contributed by atoms with E-state index in [4.69, 9.17) is 10.5 Å². The molecule has 0 bridgehead atoms. The van der Waals surface area contributed by atoms with E-state index >= 15 is 0 Å². The van der Waals surface area contributed by atoms with Crippen molar-refractivity contribution in [1.29, 1.82) is 0 Å². The molecule has 114 valence electrons. The molecule has 5 atom stereocenters. The fourth-order valence-corrected chi connectivity index (χ4v) is 3.84. The minimum absolute atomic E-state index is 0.0208. The lowest BCUT2D eigenvalue weighted by molar-refractivity contribution is -0.124. The zero-order valence-corrected chi connectivity index (χ0v) is 13.2. The maximum Gasteiger partial charge on any atom is 0.233 e. The van der Waals surface area contributed by atoms with Crippen LogP contribution in [0.15, 0.2) is 18.2 Å². The third-order valence-corrected chi connectivity index (χ3v) is 5.08. The smallest absolute Gasteiger partial charge is 0.233 e. The molecular formula is C17H24N2O2. The summed E-state index contributed by atoms with van der Waals surface area (Å²) in [5.74, 6) is 0.374. The van der Waals surface area contributed by atoms with Crippen LogP contribution in [-0.2, 0) is 16.0 Å². The Hall–Kier alpha value is -1.55. The number of nitrogen functional groups attached to an aromatic ring is 1. The molecule has 0 aliphatic carbocycles. The third kappa shape index (κ3) is 2.22. The number of benzene rings is 1. The molecule has 1 aromatic rings. The van der Waals surface area contributed by atoms with Crippen LogP contribution in [0, 0.1) is 11.8 Å². The first-order chi connectivity index (χ1) is 9.90. The summed E-state index contributed by atoms with van der Waals surface area (Å²) in [6, 6.07) is 6.02. The molecule has 1 amide bonds. The fourth-order valence-electron chi connectivity index (χ4n) is 3.84. The van der Waals surface area contributed by atoms with Gasteiger partial charge in [-0.05, 0) is 56.9 Å². The zero-order chi connectivity index (χ0) is 15.3. The van der Waals surface area contributed by atoms with Crippen molar-refractivity contribution in [1.82, 2.24) is 0 Å². The number of carbonyl (C=O) groups is 1. The Morgan fingerprint density at radius 1 is 1.24 bits per heavy atom. The van der Waals surface area contributed by atoms with Crippen LogP contribution in [0.4, 0.5) is 11.4 Å². The van der Waals surface area contributed by atoms with Gasteiger partial charge < -0.3 is 15.4 Å². The first kappa shape index (κ1) is 14.4. The van der Waals surface area contributed by atoms with Crippen LogP contribution in [0.5, 0.6) is 0 Å². The molecule has 2 heterocycles. The van der Waals surface area contributed by atoms with Crippen LogP contribution in [0.2, 0.25) is 0 Å². The van der Waals surface area contributed by atoms with E-state index < -0.39 is 0 Å². The molecule has 0 aromatic heterocycles.